The lowest BCUT2D eigenvalue weighted by molar-refractivity contribution is 0.183. The highest BCUT2D eigenvalue weighted by atomic mass is 16.5. The zero-order valence-corrected chi connectivity index (χ0v) is 9.46. The molecule has 0 bridgehead atoms. The van der Waals surface area contributed by atoms with Gasteiger partial charge in [0, 0.05) is 19.8 Å². The highest BCUT2D eigenvalue weighted by Gasteiger charge is 2.47. The molecule has 0 heterocycles. The van der Waals surface area contributed by atoms with Crippen LogP contribution in [0, 0.1) is 17.8 Å². The van der Waals surface area contributed by atoms with Crippen LogP contribution in [0.1, 0.15) is 32.1 Å². The lowest BCUT2D eigenvalue weighted by Crippen LogP contribution is -2.33. The Morgan fingerprint density at radius 2 is 2.00 bits per heavy atom. The van der Waals surface area contributed by atoms with E-state index in [4.69, 9.17) is 4.74 Å². The molecule has 0 aromatic rings. The number of rotatable bonds is 6. The molecular formula is C12H23NO. The van der Waals surface area contributed by atoms with Crippen LogP contribution in [0.4, 0.5) is 0 Å². The van der Waals surface area contributed by atoms with Gasteiger partial charge >= 0.3 is 0 Å². The lowest BCUT2D eigenvalue weighted by atomic mass is 9.91. The molecule has 0 spiro atoms. The maximum absolute atomic E-state index is 5.10. The monoisotopic (exact) mass is 197 g/mol. The van der Waals surface area contributed by atoms with Crippen molar-refractivity contribution in [2.45, 2.75) is 38.1 Å². The van der Waals surface area contributed by atoms with E-state index in [2.05, 4.69) is 12.4 Å². The summed E-state index contributed by atoms with van der Waals surface area (Å²) in [4.78, 5) is 0. The first kappa shape index (κ1) is 10.4. The third-order valence-corrected chi connectivity index (χ3v) is 4.08. The fraction of sp³-hybridized carbons (Fsp3) is 1.00. The van der Waals surface area contributed by atoms with Crippen molar-refractivity contribution < 1.29 is 4.74 Å². The zero-order valence-electron chi connectivity index (χ0n) is 9.46. The lowest BCUT2D eigenvalue weighted by Gasteiger charge is -2.24. The summed E-state index contributed by atoms with van der Waals surface area (Å²) < 4.78 is 5.10. The third-order valence-electron chi connectivity index (χ3n) is 4.08. The quantitative estimate of drug-likeness (QED) is 0.658. The molecule has 2 rings (SSSR count). The Morgan fingerprint density at radius 1 is 1.29 bits per heavy atom. The van der Waals surface area contributed by atoms with Crippen molar-refractivity contribution in [3.63, 3.8) is 0 Å². The molecule has 0 amide bonds. The molecule has 14 heavy (non-hydrogen) atoms. The number of fused-ring (bicyclic) bond motifs is 1. The molecule has 0 aromatic heterocycles. The maximum atomic E-state index is 5.10. The van der Waals surface area contributed by atoms with Gasteiger partial charge in [-0.05, 0) is 56.9 Å². The number of nitrogens with one attached hydrogen (secondary N) is 1. The second-order valence-corrected chi connectivity index (χ2v) is 5.02. The van der Waals surface area contributed by atoms with E-state index >= 15 is 0 Å². The first-order chi connectivity index (χ1) is 6.85. The standard InChI is InChI=1S/C12H23NO/c1-13-12(4-3-5-14-2)11-7-9-6-10(9)8-11/h9-13H,3-8H2,1-2H3. The van der Waals surface area contributed by atoms with Crippen LogP contribution in [-0.2, 0) is 4.74 Å². The molecule has 3 atom stereocenters. The average molecular weight is 197 g/mol. The number of methoxy groups -OCH3 is 1. The van der Waals surface area contributed by atoms with Crippen molar-refractivity contribution in [3.05, 3.63) is 0 Å². The summed E-state index contributed by atoms with van der Waals surface area (Å²) in [5, 5.41) is 3.49. The Hall–Kier alpha value is -0.0800. The summed E-state index contributed by atoms with van der Waals surface area (Å²) in [7, 11) is 3.90. The van der Waals surface area contributed by atoms with Crippen molar-refractivity contribution in [1.82, 2.24) is 5.32 Å². The normalized spacial score (nSPS) is 36.9. The first-order valence-corrected chi connectivity index (χ1v) is 6.01. The van der Waals surface area contributed by atoms with Gasteiger partial charge in [-0.15, -0.1) is 0 Å². The van der Waals surface area contributed by atoms with Crippen LogP contribution in [-0.4, -0.2) is 26.8 Å². The Balaban J connectivity index is 1.69. The van der Waals surface area contributed by atoms with Gasteiger partial charge in [0.1, 0.15) is 0 Å². The Bertz CT molecular complexity index is 173. The van der Waals surface area contributed by atoms with Crippen molar-refractivity contribution in [2.24, 2.45) is 17.8 Å². The van der Waals surface area contributed by atoms with Gasteiger partial charge in [0.25, 0.3) is 0 Å². The van der Waals surface area contributed by atoms with E-state index in [0.29, 0.717) is 0 Å². The van der Waals surface area contributed by atoms with Crippen LogP contribution in [0.15, 0.2) is 0 Å². The van der Waals surface area contributed by atoms with E-state index in [-0.39, 0.29) is 0 Å². The second-order valence-electron chi connectivity index (χ2n) is 5.02. The molecule has 2 nitrogen and oxygen atoms in total. The second kappa shape index (κ2) is 4.63. The summed E-state index contributed by atoms with van der Waals surface area (Å²) in [5.74, 6) is 3.18. The minimum Gasteiger partial charge on any atom is -0.385 e. The molecule has 0 aliphatic heterocycles. The van der Waals surface area contributed by atoms with Gasteiger partial charge < -0.3 is 10.1 Å². The van der Waals surface area contributed by atoms with Crippen LogP contribution >= 0.6 is 0 Å². The minimum atomic E-state index is 0.748. The molecule has 82 valence electrons. The summed E-state index contributed by atoms with van der Waals surface area (Å²) in [6, 6.07) is 0.748. The van der Waals surface area contributed by atoms with E-state index in [9.17, 15) is 0 Å². The van der Waals surface area contributed by atoms with Gasteiger partial charge in [-0.1, -0.05) is 0 Å². The minimum absolute atomic E-state index is 0.748. The van der Waals surface area contributed by atoms with Gasteiger partial charge in [0.05, 0.1) is 0 Å². The molecule has 0 saturated heterocycles. The molecule has 0 radical (unpaired) electrons. The molecule has 2 aliphatic carbocycles. The predicted octanol–water partition coefficient (Wildman–Crippen LogP) is 2.05. The van der Waals surface area contributed by atoms with E-state index in [0.717, 1.165) is 30.4 Å². The van der Waals surface area contributed by atoms with E-state index in [1.807, 2.05) is 0 Å². The molecule has 2 fully saturated rings. The molecule has 2 heteroatoms. The van der Waals surface area contributed by atoms with Gasteiger partial charge in [0.15, 0.2) is 0 Å². The topological polar surface area (TPSA) is 21.3 Å². The number of hydrogen-bond donors (Lipinski definition) is 1. The Kier molecular flexibility index (Phi) is 3.45. The van der Waals surface area contributed by atoms with Gasteiger partial charge in [-0.2, -0.15) is 0 Å². The molecule has 2 saturated carbocycles. The predicted molar refractivity (Wildman–Crippen MR) is 58.3 cm³/mol. The molecule has 0 aromatic carbocycles. The molecule has 1 N–H and O–H groups in total. The van der Waals surface area contributed by atoms with E-state index < -0.39 is 0 Å². The smallest absolute Gasteiger partial charge is 0.0462 e. The van der Waals surface area contributed by atoms with Crippen LogP contribution in [0.5, 0.6) is 0 Å². The molecule has 3 unspecified atom stereocenters. The molecular weight excluding hydrogens is 174 g/mol. The number of ether oxygens (including phenoxy) is 1. The third kappa shape index (κ3) is 2.29. The Morgan fingerprint density at radius 3 is 2.57 bits per heavy atom. The fourth-order valence-corrected chi connectivity index (χ4v) is 3.15. The van der Waals surface area contributed by atoms with Crippen LogP contribution in [0.2, 0.25) is 0 Å². The van der Waals surface area contributed by atoms with Crippen molar-refractivity contribution >= 4 is 0 Å². The van der Waals surface area contributed by atoms with Crippen LogP contribution in [0.25, 0.3) is 0 Å². The Labute approximate surface area is 87.4 Å². The average Bonchev–Trinajstić information content (AvgIpc) is 2.81. The SMILES string of the molecule is CNC(CCCOC)C1CC2CC2C1. The fourth-order valence-electron chi connectivity index (χ4n) is 3.15. The highest BCUT2D eigenvalue weighted by molar-refractivity contribution is 4.98. The van der Waals surface area contributed by atoms with Crippen LogP contribution < -0.4 is 5.32 Å². The molecule has 2 aliphatic rings. The van der Waals surface area contributed by atoms with Gasteiger partial charge in [-0.25, -0.2) is 0 Å². The van der Waals surface area contributed by atoms with Gasteiger partial charge in [-0.3, -0.25) is 0 Å². The summed E-state index contributed by atoms with van der Waals surface area (Å²) in [6.07, 6.45) is 7.00. The first-order valence-electron chi connectivity index (χ1n) is 6.01. The number of hydrogen-bond acceptors (Lipinski definition) is 2. The zero-order chi connectivity index (χ0) is 9.97. The summed E-state index contributed by atoms with van der Waals surface area (Å²) in [6.45, 7) is 0.914. The largest absolute Gasteiger partial charge is 0.385 e. The van der Waals surface area contributed by atoms with Crippen molar-refractivity contribution in [1.29, 1.82) is 0 Å². The highest BCUT2D eigenvalue weighted by Crippen LogP contribution is 2.55. The van der Waals surface area contributed by atoms with E-state index in [1.165, 1.54) is 32.1 Å². The van der Waals surface area contributed by atoms with Crippen molar-refractivity contribution in [3.8, 4) is 0 Å². The summed E-state index contributed by atoms with van der Waals surface area (Å²) >= 11 is 0. The summed E-state index contributed by atoms with van der Waals surface area (Å²) in [5.41, 5.74) is 0. The van der Waals surface area contributed by atoms with Crippen molar-refractivity contribution in [2.75, 3.05) is 20.8 Å². The van der Waals surface area contributed by atoms with Crippen LogP contribution in [0.3, 0.4) is 0 Å². The maximum Gasteiger partial charge on any atom is 0.0462 e. The van der Waals surface area contributed by atoms with Gasteiger partial charge in [0.2, 0.25) is 0 Å². The van der Waals surface area contributed by atoms with E-state index in [1.54, 1.807) is 7.11 Å².